The maximum Gasteiger partial charge on any atom is 0.243 e. The molecule has 1 aromatic carbocycles. The molecule has 6 nitrogen and oxygen atoms in total. The van der Waals surface area contributed by atoms with Gasteiger partial charge in [-0.25, -0.2) is 16.8 Å². The lowest BCUT2D eigenvalue weighted by Crippen LogP contribution is -2.36. The predicted molar refractivity (Wildman–Crippen MR) is 98.3 cm³/mol. The van der Waals surface area contributed by atoms with E-state index in [4.69, 9.17) is 0 Å². The summed E-state index contributed by atoms with van der Waals surface area (Å²) in [6.45, 7) is 7.03. The molecule has 0 bridgehead atoms. The average molecular weight is 389 g/mol. The van der Waals surface area contributed by atoms with E-state index in [1.54, 1.807) is 7.05 Å². The lowest BCUT2D eigenvalue weighted by Gasteiger charge is -2.25. The molecule has 8 heteroatoms. The quantitative estimate of drug-likeness (QED) is 0.719. The molecule has 0 amide bonds. The van der Waals surface area contributed by atoms with Crippen LogP contribution in [0.1, 0.15) is 40.0 Å². The number of hydrogen-bond acceptors (Lipinski definition) is 4. The maximum atomic E-state index is 12.7. The molecular weight excluding hydrogens is 360 g/mol. The van der Waals surface area contributed by atoms with Gasteiger partial charge in [-0.05, 0) is 56.4 Å². The van der Waals surface area contributed by atoms with Gasteiger partial charge in [-0.15, -0.1) is 0 Å². The zero-order valence-electron chi connectivity index (χ0n) is 15.3. The van der Waals surface area contributed by atoms with Crippen molar-refractivity contribution in [1.29, 1.82) is 0 Å². The van der Waals surface area contributed by atoms with Gasteiger partial charge in [-0.1, -0.05) is 13.8 Å². The van der Waals surface area contributed by atoms with Gasteiger partial charge in [0.15, 0.2) is 0 Å². The molecule has 1 unspecified atom stereocenters. The van der Waals surface area contributed by atoms with Gasteiger partial charge in [0.05, 0.1) is 9.79 Å². The fraction of sp³-hybridized carbons (Fsp3) is 0.647. The molecule has 0 N–H and O–H groups in total. The third-order valence-corrected chi connectivity index (χ3v) is 8.54. The summed E-state index contributed by atoms with van der Waals surface area (Å²) in [5.74, 6) is 0.389. The first-order chi connectivity index (χ1) is 11.6. The second-order valence-electron chi connectivity index (χ2n) is 7.08. The Morgan fingerprint density at radius 2 is 1.44 bits per heavy atom. The Morgan fingerprint density at radius 3 is 1.92 bits per heavy atom. The second kappa shape index (κ2) is 7.73. The summed E-state index contributed by atoms with van der Waals surface area (Å²) < 4.78 is 53.3. The summed E-state index contributed by atoms with van der Waals surface area (Å²) in [7, 11) is -5.60. The van der Waals surface area contributed by atoms with Gasteiger partial charge in [0.1, 0.15) is 0 Å². The number of benzene rings is 1. The molecule has 0 saturated carbocycles. The van der Waals surface area contributed by atoms with Crippen molar-refractivity contribution in [3.05, 3.63) is 24.3 Å². The molecule has 1 aliphatic rings. The van der Waals surface area contributed by atoms with Crippen molar-refractivity contribution < 1.29 is 16.8 Å². The maximum absolute atomic E-state index is 12.7. The van der Waals surface area contributed by atoms with Gasteiger partial charge < -0.3 is 0 Å². The summed E-state index contributed by atoms with van der Waals surface area (Å²) >= 11 is 0. The lowest BCUT2D eigenvalue weighted by molar-refractivity contribution is 0.338. The fourth-order valence-corrected chi connectivity index (χ4v) is 5.98. The monoisotopic (exact) mass is 388 g/mol. The van der Waals surface area contributed by atoms with Crippen LogP contribution in [-0.2, 0) is 20.0 Å². The van der Waals surface area contributed by atoms with Crippen molar-refractivity contribution >= 4 is 20.0 Å². The Labute approximate surface area is 151 Å². The van der Waals surface area contributed by atoms with E-state index in [0.717, 1.165) is 19.3 Å². The molecule has 1 aliphatic heterocycles. The predicted octanol–water partition coefficient (Wildman–Crippen LogP) is 2.53. The van der Waals surface area contributed by atoms with Crippen molar-refractivity contribution in [2.75, 3.05) is 20.1 Å². The molecule has 1 saturated heterocycles. The standard InChI is InChI=1S/C17H28N2O4S2/c1-14(2)13-15(3)18(4)24(20,21)16-7-9-17(10-8-16)25(22,23)19-11-5-6-12-19/h7-10,14-15H,5-6,11-13H2,1-4H3. The number of nitrogens with zero attached hydrogens (tertiary/aromatic N) is 2. The van der Waals surface area contributed by atoms with Crippen LogP contribution in [0.3, 0.4) is 0 Å². The Bertz CT molecular complexity index is 780. The molecule has 2 rings (SSSR count). The minimum atomic E-state index is -3.64. The molecule has 0 spiro atoms. The highest BCUT2D eigenvalue weighted by atomic mass is 32.2. The Morgan fingerprint density at radius 1 is 0.960 bits per heavy atom. The highest BCUT2D eigenvalue weighted by Gasteiger charge is 2.29. The Balaban J connectivity index is 2.23. The second-order valence-corrected chi connectivity index (χ2v) is 11.0. The van der Waals surface area contributed by atoms with Gasteiger partial charge in [-0.3, -0.25) is 0 Å². The van der Waals surface area contributed by atoms with Crippen molar-refractivity contribution in [2.24, 2.45) is 5.92 Å². The van der Waals surface area contributed by atoms with E-state index in [0.29, 0.717) is 19.0 Å². The molecule has 0 aliphatic carbocycles. The van der Waals surface area contributed by atoms with Crippen LogP contribution in [-0.4, -0.2) is 51.6 Å². The minimum absolute atomic E-state index is 0.117. The zero-order valence-corrected chi connectivity index (χ0v) is 17.0. The van der Waals surface area contributed by atoms with Crippen molar-refractivity contribution in [3.63, 3.8) is 0 Å². The van der Waals surface area contributed by atoms with E-state index in [1.807, 2.05) is 6.92 Å². The van der Waals surface area contributed by atoms with Crippen LogP contribution in [0.25, 0.3) is 0 Å². The molecule has 1 heterocycles. The number of rotatable bonds is 7. The highest BCUT2D eigenvalue weighted by Crippen LogP contribution is 2.24. The van der Waals surface area contributed by atoms with Crippen LogP contribution in [0.2, 0.25) is 0 Å². The van der Waals surface area contributed by atoms with Crippen molar-refractivity contribution in [2.45, 2.75) is 55.9 Å². The van der Waals surface area contributed by atoms with E-state index < -0.39 is 20.0 Å². The molecule has 25 heavy (non-hydrogen) atoms. The summed E-state index contributed by atoms with van der Waals surface area (Å²) in [4.78, 5) is 0.261. The first kappa shape index (κ1) is 20.4. The number of hydrogen-bond donors (Lipinski definition) is 0. The van der Waals surface area contributed by atoms with Crippen LogP contribution in [0.15, 0.2) is 34.1 Å². The SMILES string of the molecule is CC(C)CC(C)N(C)S(=O)(=O)c1ccc(S(=O)(=O)N2CCCC2)cc1. The zero-order chi connectivity index (χ0) is 18.8. The number of sulfonamides is 2. The lowest BCUT2D eigenvalue weighted by atomic mass is 10.1. The van der Waals surface area contributed by atoms with Gasteiger partial charge in [0, 0.05) is 26.2 Å². The van der Waals surface area contributed by atoms with Crippen molar-refractivity contribution in [1.82, 2.24) is 8.61 Å². The molecule has 0 radical (unpaired) electrons. The largest absolute Gasteiger partial charge is 0.243 e. The third kappa shape index (κ3) is 4.42. The van der Waals surface area contributed by atoms with Crippen LogP contribution in [0.5, 0.6) is 0 Å². The minimum Gasteiger partial charge on any atom is -0.207 e. The first-order valence-electron chi connectivity index (χ1n) is 8.65. The molecular formula is C17H28N2O4S2. The van der Waals surface area contributed by atoms with E-state index in [2.05, 4.69) is 13.8 Å². The van der Waals surface area contributed by atoms with Crippen LogP contribution < -0.4 is 0 Å². The fourth-order valence-electron chi connectivity index (χ4n) is 3.09. The normalized spacial score (nSPS) is 18.2. The van der Waals surface area contributed by atoms with Crippen LogP contribution >= 0.6 is 0 Å². The molecule has 1 atom stereocenters. The van der Waals surface area contributed by atoms with E-state index in [-0.39, 0.29) is 15.8 Å². The Hall–Kier alpha value is -0.960. The smallest absolute Gasteiger partial charge is 0.207 e. The average Bonchev–Trinajstić information content (AvgIpc) is 3.08. The van der Waals surface area contributed by atoms with Crippen LogP contribution in [0.4, 0.5) is 0 Å². The highest BCUT2D eigenvalue weighted by molar-refractivity contribution is 7.89. The summed E-state index contributed by atoms with van der Waals surface area (Å²) in [6, 6.07) is 5.43. The third-order valence-electron chi connectivity index (χ3n) is 4.64. The van der Waals surface area contributed by atoms with E-state index >= 15 is 0 Å². The molecule has 0 aromatic heterocycles. The summed E-state index contributed by atoms with van der Waals surface area (Å²) in [5, 5.41) is 0. The molecule has 1 aromatic rings. The molecule has 142 valence electrons. The topological polar surface area (TPSA) is 74.8 Å². The van der Waals surface area contributed by atoms with Crippen LogP contribution in [0, 0.1) is 5.92 Å². The van der Waals surface area contributed by atoms with E-state index in [1.165, 1.54) is 32.9 Å². The first-order valence-corrected chi connectivity index (χ1v) is 11.5. The summed E-state index contributed by atoms with van der Waals surface area (Å²) in [5.41, 5.74) is 0. The van der Waals surface area contributed by atoms with Gasteiger partial charge >= 0.3 is 0 Å². The van der Waals surface area contributed by atoms with Gasteiger partial charge in [0.2, 0.25) is 20.0 Å². The summed E-state index contributed by atoms with van der Waals surface area (Å²) in [6.07, 6.45) is 2.49. The van der Waals surface area contributed by atoms with Crippen molar-refractivity contribution in [3.8, 4) is 0 Å². The van der Waals surface area contributed by atoms with Gasteiger partial charge in [-0.2, -0.15) is 8.61 Å². The van der Waals surface area contributed by atoms with Gasteiger partial charge in [0.25, 0.3) is 0 Å². The molecule has 1 fully saturated rings. The van der Waals surface area contributed by atoms with E-state index in [9.17, 15) is 16.8 Å². The Kier molecular flexibility index (Phi) is 6.30.